The number of carbonyl (C=O) groups is 1. The number of benzene rings is 2. The van der Waals surface area contributed by atoms with E-state index in [1.807, 2.05) is 38.1 Å². The second kappa shape index (κ2) is 8.36. The van der Waals surface area contributed by atoms with E-state index in [2.05, 4.69) is 4.57 Å². The number of ketones is 1. The number of hydrogen-bond acceptors (Lipinski definition) is 3. The quantitative estimate of drug-likeness (QED) is 0.399. The Morgan fingerprint density at radius 3 is 2.36 bits per heavy atom. The van der Waals surface area contributed by atoms with Crippen molar-refractivity contribution >= 4 is 23.5 Å². The normalized spacial score (nSPS) is 11.0. The maximum Gasteiger partial charge on any atom is 0.185 e. The van der Waals surface area contributed by atoms with Crippen LogP contribution in [0.25, 0.3) is 11.8 Å². The van der Waals surface area contributed by atoms with Crippen molar-refractivity contribution < 1.29 is 14.3 Å². The highest BCUT2D eigenvalue weighted by Crippen LogP contribution is 2.31. The summed E-state index contributed by atoms with van der Waals surface area (Å²) in [6.45, 7) is 4.01. The molecule has 0 unspecified atom stereocenters. The third-order valence-electron chi connectivity index (χ3n) is 4.64. The summed E-state index contributed by atoms with van der Waals surface area (Å²) in [5.74, 6) is 1.39. The number of rotatable bonds is 6. The van der Waals surface area contributed by atoms with Crippen LogP contribution in [-0.2, 0) is 0 Å². The third kappa shape index (κ3) is 3.97. The fraction of sp³-hybridized carbons (Fsp3) is 0.174. The summed E-state index contributed by atoms with van der Waals surface area (Å²) < 4.78 is 12.7. The topological polar surface area (TPSA) is 40.5 Å². The van der Waals surface area contributed by atoms with E-state index in [1.54, 1.807) is 50.6 Å². The molecule has 0 saturated heterocycles. The molecule has 5 heteroatoms. The van der Waals surface area contributed by atoms with Gasteiger partial charge in [-0.15, -0.1) is 0 Å². The molecule has 1 aromatic heterocycles. The summed E-state index contributed by atoms with van der Waals surface area (Å²) in [6, 6.07) is 14.6. The highest BCUT2D eigenvalue weighted by molar-refractivity contribution is 6.30. The van der Waals surface area contributed by atoms with Crippen molar-refractivity contribution in [2.24, 2.45) is 0 Å². The van der Waals surface area contributed by atoms with Crippen molar-refractivity contribution in [3.8, 4) is 17.2 Å². The molecule has 0 fully saturated rings. The second-order valence-electron chi connectivity index (χ2n) is 6.40. The van der Waals surface area contributed by atoms with Crippen LogP contribution in [0.15, 0.2) is 54.6 Å². The number of nitrogens with zero attached hydrogens (tertiary/aromatic N) is 1. The molecule has 0 spiro atoms. The molecule has 28 heavy (non-hydrogen) atoms. The van der Waals surface area contributed by atoms with Crippen LogP contribution in [0.2, 0.25) is 5.02 Å². The number of methoxy groups -OCH3 is 2. The molecule has 1 heterocycles. The van der Waals surface area contributed by atoms with E-state index in [0.717, 1.165) is 34.1 Å². The molecule has 0 radical (unpaired) electrons. The molecule has 0 bridgehead atoms. The molecule has 0 aliphatic carbocycles. The Labute approximate surface area is 170 Å². The minimum Gasteiger partial charge on any atom is -0.497 e. The van der Waals surface area contributed by atoms with Crippen LogP contribution in [0, 0.1) is 13.8 Å². The SMILES string of the molecule is COc1ccc(C(=O)/C=C/c2cc(C)n(-c3cc(Cl)ccc3OC)c2C)cc1. The first-order valence-electron chi connectivity index (χ1n) is 8.84. The smallest absolute Gasteiger partial charge is 0.185 e. The summed E-state index contributed by atoms with van der Waals surface area (Å²) >= 11 is 6.19. The lowest BCUT2D eigenvalue weighted by Gasteiger charge is -2.14. The van der Waals surface area contributed by atoms with Gasteiger partial charge in [0.05, 0.1) is 19.9 Å². The fourth-order valence-electron chi connectivity index (χ4n) is 3.18. The number of hydrogen-bond donors (Lipinski definition) is 0. The lowest BCUT2D eigenvalue weighted by Crippen LogP contribution is -2.02. The Bertz CT molecular complexity index is 1030. The van der Waals surface area contributed by atoms with Crippen molar-refractivity contribution in [1.82, 2.24) is 4.57 Å². The van der Waals surface area contributed by atoms with E-state index >= 15 is 0 Å². The highest BCUT2D eigenvalue weighted by Gasteiger charge is 2.14. The fourth-order valence-corrected chi connectivity index (χ4v) is 3.35. The molecule has 0 N–H and O–H groups in total. The maximum absolute atomic E-state index is 12.5. The molecule has 144 valence electrons. The van der Waals surface area contributed by atoms with Crippen LogP contribution in [0.5, 0.6) is 11.5 Å². The number of allylic oxidation sites excluding steroid dienone is 1. The van der Waals surface area contributed by atoms with Crippen molar-refractivity contribution in [2.75, 3.05) is 14.2 Å². The molecule has 0 amide bonds. The van der Waals surface area contributed by atoms with Crippen LogP contribution in [-0.4, -0.2) is 24.6 Å². The molecule has 4 nitrogen and oxygen atoms in total. The largest absolute Gasteiger partial charge is 0.497 e. The van der Waals surface area contributed by atoms with Gasteiger partial charge in [0, 0.05) is 22.0 Å². The minimum atomic E-state index is -0.0622. The Balaban J connectivity index is 1.92. The number of halogens is 1. The van der Waals surface area contributed by atoms with Gasteiger partial charge < -0.3 is 14.0 Å². The highest BCUT2D eigenvalue weighted by atomic mass is 35.5. The van der Waals surface area contributed by atoms with Gasteiger partial charge in [-0.05, 0) is 80.1 Å². The molecule has 3 aromatic rings. The van der Waals surface area contributed by atoms with Crippen molar-refractivity contribution in [3.63, 3.8) is 0 Å². The van der Waals surface area contributed by atoms with Gasteiger partial charge in [0.25, 0.3) is 0 Å². The molecule has 0 saturated carbocycles. The number of aromatic nitrogens is 1. The van der Waals surface area contributed by atoms with Gasteiger partial charge in [0.2, 0.25) is 0 Å². The van der Waals surface area contributed by atoms with E-state index in [4.69, 9.17) is 21.1 Å². The van der Waals surface area contributed by atoms with Gasteiger partial charge in [0.1, 0.15) is 11.5 Å². The Hall–Kier alpha value is -2.98. The van der Waals surface area contributed by atoms with Gasteiger partial charge >= 0.3 is 0 Å². The Morgan fingerprint density at radius 1 is 1.00 bits per heavy atom. The summed E-state index contributed by atoms with van der Waals surface area (Å²) in [7, 11) is 3.23. The zero-order chi connectivity index (χ0) is 20.3. The monoisotopic (exact) mass is 395 g/mol. The van der Waals surface area contributed by atoms with Crippen LogP contribution >= 0.6 is 11.6 Å². The Morgan fingerprint density at radius 2 is 1.71 bits per heavy atom. The number of carbonyl (C=O) groups excluding carboxylic acids is 1. The van der Waals surface area contributed by atoms with Crippen LogP contribution in [0.1, 0.15) is 27.3 Å². The zero-order valence-electron chi connectivity index (χ0n) is 16.3. The van der Waals surface area contributed by atoms with Crippen LogP contribution in [0.4, 0.5) is 0 Å². The van der Waals surface area contributed by atoms with Gasteiger partial charge in [-0.25, -0.2) is 0 Å². The summed E-state index contributed by atoms with van der Waals surface area (Å²) in [6.07, 6.45) is 3.42. The molecular formula is C23H22ClNO3. The lowest BCUT2D eigenvalue weighted by atomic mass is 10.1. The summed E-state index contributed by atoms with van der Waals surface area (Å²) in [4.78, 5) is 12.5. The van der Waals surface area contributed by atoms with Crippen molar-refractivity contribution in [1.29, 1.82) is 0 Å². The average Bonchev–Trinajstić information content (AvgIpc) is 2.99. The first-order chi connectivity index (χ1) is 13.4. The van der Waals surface area contributed by atoms with E-state index in [-0.39, 0.29) is 5.78 Å². The van der Waals surface area contributed by atoms with Gasteiger partial charge in [-0.3, -0.25) is 4.79 Å². The number of ether oxygens (including phenoxy) is 2. The molecule has 0 aliphatic rings. The van der Waals surface area contributed by atoms with E-state index in [0.29, 0.717) is 10.6 Å². The third-order valence-corrected chi connectivity index (χ3v) is 4.88. The first-order valence-corrected chi connectivity index (χ1v) is 9.21. The van der Waals surface area contributed by atoms with Gasteiger partial charge in [0.15, 0.2) is 5.78 Å². The molecular weight excluding hydrogens is 374 g/mol. The Kier molecular flexibility index (Phi) is 5.90. The average molecular weight is 396 g/mol. The predicted octanol–water partition coefficient (Wildman–Crippen LogP) is 5.66. The van der Waals surface area contributed by atoms with E-state index in [1.165, 1.54) is 0 Å². The van der Waals surface area contributed by atoms with Crippen molar-refractivity contribution in [3.05, 3.63) is 82.1 Å². The maximum atomic E-state index is 12.5. The first kappa shape index (κ1) is 19.8. The standard InChI is InChI=1S/C23H22ClNO3/c1-15-13-18(7-11-22(26)17-5-9-20(27-3)10-6-17)16(2)25(15)21-14-19(24)8-12-23(21)28-4/h5-14H,1-4H3/b11-7+. The predicted molar refractivity (Wildman–Crippen MR) is 113 cm³/mol. The minimum absolute atomic E-state index is 0.0622. The van der Waals surface area contributed by atoms with E-state index < -0.39 is 0 Å². The van der Waals surface area contributed by atoms with Crippen LogP contribution in [0.3, 0.4) is 0 Å². The molecule has 3 rings (SSSR count). The lowest BCUT2D eigenvalue weighted by molar-refractivity contribution is 0.104. The second-order valence-corrected chi connectivity index (χ2v) is 6.84. The number of aryl methyl sites for hydroxylation is 1. The van der Waals surface area contributed by atoms with E-state index in [9.17, 15) is 4.79 Å². The van der Waals surface area contributed by atoms with Gasteiger partial charge in [-0.2, -0.15) is 0 Å². The molecule has 0 atom stereocenters. The summed E-state index contributed by atoms with van der Waals surface area (Å²) in [5.41, 5.74) is 4.46. The van der Waals surface area contributed by atoms with Crippen LogP contribution < -0.4 is 9.47 Å². The van der Waals surface area contributed by atoms with Crippen molar-refractivity contribution in [2.45, 2.75) is 13.8 Å². The summed E-state index contributed by atoms with van der Waals surface area (Å²) in [5, 5.41) is 0.634. The van der Waals surface area contributed by atoms with Gasteiger partial charge in [-0.1, -0.05) is 11.6 Å². The molecule has 0 aliphatic heterocycles. The molecule has 2 aromatic carbocycles. The zero-order valence-corrected chi connectivity index (χ0v) is 17.1.